The Hall–Kier alpha value is -2.06. The lowest BCUT2D eigenvalue weighted by molar-refractivity contribution is -0.144. The van der Waals surface area contributed by atoms with Crippen molar-refractivity contribution in [2.24, 2.45) is 0 Å². The Kier molecular flexibility index (Phi) is 8.32. The van der Waals surface area contributed by atoms with E-state index >= 15 is 0 Å². The average Bonchev–Trinajstić information content (AvgIpc) is 2.94. The molecule has 0 unspecified atom stereocenters. The summed E-state index contributed by atoms with van der Waals surface area (Å²) >= 11 is 6.27. The summed E-state index contributed by atoms with van der Waals surface area (Å²) in [5, 5.41) is 9.16. The molecule has 0 saturated carbocycles. The number of methoxy groups -OCH3 is 1. The molecule has 1 amide bonds. The lowest BCUT2D eigenvalue weighted by atomic mass is 10.1. The second kappa shape index (κ2) is 10.5. The number of thioether (sulfide) groups is 1. The van der Waals surface area contributed by atoms with E-state index in [4.69, 9.17) is 26.8 Å². The molecule has 6 nitrogen and oxygen atoms in total. The van der Waals surface area contributed by atoms with E-state index in [1.807, 2.05) is 12.1 Å². The number of carbonyl (C=O) groups is 2. The number of rotatable bonds is 10. The van der Waals surface area contributed by atoms with Gasteiger partial charge in [0.05, 0.1) is 18.6 Å². The Morgan fingerprint density at radius 2 is 2.07 bits per heavy atom. The quantitative estimate of drug-likeness (QED) is 0.341. The summed E-state index contributed by atoms with van der Waals surface area (Å²) in [6, 6.07) is 4.42. The van der Waals surface area contributed by atoms with Gasteiger partial charge < -0.3 is 14.6 Å². The van der Waals surface area contributed by atoms with Crippen LogP contribution in [0, 0.1) is 0 Å². The first-order chi connectivity index (χ1) is 13.4. The number of thiocarbonyl (C=S) groups is 1. The average molecular weight is 424 g/mol. The molecule has 0 spiro atoms. The van der Waals surface area contributed by atoms with Crippen molar-refractivity contribution in [2.45, 2.75) is 45.6 Å². The Morgan fingerprint density at radius 3 is 2.71 bits per heavy atom. The van der Waals surface area contributed by atoms with E-state index in [0.29, 0.717) is 23.0 Å². The van der Waals surface area contributed by atoms with E-state index in [9.17, 15) is 9.59 Å². The first-order valence-electron chi connectivity index (χ1n) is 9.19. The van der Waals surface area contributed by atoms with Crippen LogP contribution in [0.5, 0.6) is 11.5 Å². The van der Waals surface area contributed by atoms with E-state index in [-0.39, 0.29) is 4.32 Å². The van der Waals surface area contributed by atoms with Crippen molar-refractivity contribution in [3.63, 3.8) is 0 Å². The molecule has 0 aromatic heterocycles. The van der Waals surface area contributed by atoms with Gasteiger partial charge in [-0.3, -0.25) is 9.69 Å². The molecule has 152 valence electrons. The zero-order valence-corrected chi connectivity index (χ0v) is 17.9. The molecule has 1 saturated heterocycles. The molecule has 1 aliphatic heterocycles. The van der Waals surface area contributed by atoms with Crippen LogP contribution in [0.4, 0.5) is 0 Å². The van der Waals surface area contributed by atoms with Crippen LogP contribution in [0.1, 0.15) is 45.1 Å². The molecule has 1 aromatic rings. The number of hydrogen-bond donors (Lipinski definition) is 1. The standard InChI is InChI=1S/C20H25NO5S2/c1-4-5-6-7-10-26-15-9-8-14(11-16(15)25-3)12-17-18(22)21(20(27)28-17)13(2)19(23)24/h8-9,11-13H,4-7,10H2,1-3H3,(H,23,24)/b17-12-/t13-/m0/s1. The van der Waals surface area contributed by atoms with Crippen LogP contribution in [-0.4, -0.2) is 46.0 Å². The fourth-order valence-corrected chi connectivity index (χ4v) is 4.10. The Bertz CT molecular complexity index is 778. The second-order valence-corrected chi connectivity index (χ2v) is 8.06. The van der Waals surface area contributed by atoms with Gasteiger partial charge in [-0.25, -0.2) is 4.79 Å². The van der Waals surface area contributed by atoms with Crippen LogP contribution in [0.3, 0.4) is 0 Å². The Labute approximate surface area is 174 Å². The number of ether oxygens (including phenoxy) is 2. The topological polar surface area (TPSA) is 76.1 Å². The molecule has 8 heteroatoms. The largest absolute Gasteiger partial charge is 0.493 e. The number of unbranched alkanes of at least 4 members (excludes halogenated alkanes) is 3. The molecule has 1 heterocycles. The number of hydrogen-bond acceptors (Lipinski definition) is 6. The maximum absolute atomic E-state index is 12.5. The number of carboxylic acids is 1. The Balaban J connectivity index is 2.12. The van der Waals surface area contributed by atoms with Crippen molar-refractivity contribution >= 4 is 46.3 Å². The molecule has 1 atom stereocenters. The van der Waals surface area contributed by atoms with Crippen molar-refractivity contribution in [3.8, 4) is 11.5 Å². The predicted molar refractivity (Wildman–Crippen MR) is 115 cm³/mol. The molecule has 28 heavy (non-hydrogen) atoms. The van der Waals surface area contributed by atoms with Gasteiger partial charge in [-0.15, -0.1) is 0 Å². The summed E-state index contributed by atoms with van der Waals surface area (Å²) in [4.78, 5) is 25.2. The molecular weight excluding hydrogens is 398 g/mol. The summed E-state index contributed by atoms with van der Waals surface area (Å²) in [5.41, 5.74) is 0.749. The molecule has 1 N–H and O–H groups in total. The number of carbonyl (C=O) groups excluding carboxylic acids is 1. The molecule has 0 radical (unpaired) electrons. The normalized spacial score (nSPS) is 16.5. The summed E-state index contributed by atoms with van der Waals surface area (Å²) in [7, 11) is 1.57. The number of amides is 1. The van der Waals surface area contributed by atoms with Crippen molar-refractivity contribution < 1.29 is 24.2 Å². The van der Waals surface area contributed by atoms with Gasteiger partial charge in [-0.05, 0) is 37.1 Å². The molecule has 0 aliphatic carbocycles. The minimum Gasteiger partial charge on any atom is -0.493 e. The highest BCUT2D eigenvalue weighted by molar-refractivity contribution is 8.26. The third-order valence-electron chi connectivity index (χ3n) is 4.31. The van der Waals surface area contributed by atoms with Gasteiger partial charge in [0.2, 0.25) is 0 Å². The molecule has 1 fully saturated rings. The number of benzene rings is 1. The predicted octanol–water partition coefficient (Wildman–Crippen LogP) is 4.33. The third kappa shape index (κ3) is 5.48. The van der Waals surface area contributed by atoms with Crippen LogP contribution in [0.2, 0.25) is 0 Å². The van der Waals surface area contributed by atoms with Gasteiger partial charge in [0.1, 0.15) is 10.4 Å². The zero-order valence-electron chi connectivity index (χ0n) is 16.3. The van der Waals surface area contributed by atoms with Gasteiger partial charge in [-0.2, -0.15) is 0 Å². The van der Waals surface area contributed by atoms with E-state index < -0.39 is 17.9 Å². The Morgan fingerprint density at radius 1 is 1.32 bits per heavy atom. The highest BCUT2D eigenvalue weighted by Gasteiger charge is 2.38. The van der Waals surface area contributed by atoms with Gasteiger partial charge >= 0.3 is 5.97 Å². The molecule has 1 aromatic carbocycles. The highest BCUT2D eigenvalue weighted by Crippen LogP contribution is 2.35. The SMILES string of the molecule is CCCCCCOc1ccc(/C=C2\SC(=S)N([C@@H](C)C(=O)O)C2=O)cc1OC. The summed E-state index contributed by atoms with van der Waals surface area (Å²) in [6.07, 6.45) is 6.17. The van der Waals surface area contributed by atoms with E-state index in [2.05, 4.69) is 6.92 Å². The molecule has 0 bridgehead atoms. The minimum atomic E-state index is -1.10. The van der Waals surface area contributed by atoms with E-state index in [1.54, 1.807) is 19.3 Å². The van der Waals surface area contributed by atoms with Crippen molar-refractivity contribution in [3.05, 3.63) is 28.7 Å². The fourth-order valence-electron chi connectivity index (χ4n) is 2.68. The van der Waals surface area contributed by atoms with Crippen molar-refractivity contribution in [1.82, 2.24) is 4.90 Å². The van der Waals surface area contributed by atoms with Crippen molar-refractivity contribution in [1.29, 1.82) is 0 Å². The van der Waals surface area contributed by atoms with Gasteiger partial charge in [-0.1, -0.05) is 56.2 Å². The number of aliphatic carboxylic acids is 1. The molecule has 2 rings (SSSR count). The summed E-state index contributed by atoms with van der Waals surface area (Å²) in [5.74, 6) is -0.262. The fraction of sp³-hybridized carbons (Fsp3) is 0.450. The zero-order chi connectivity index (χ0) is 20.7. The van der Waals surface area contributed by atoms with E-state index in [1.165, 1.54) is 19.8 Å². The second-order valence-electron chi connectivity index (χ2n) is 6.39. The van der Waals surface area contributed by atoms with E-state index in [0.717, 1.165) is 35.1 Å². The number of nitrogens with zero attached hydrogens (tertiary/aromatic N) is 1. The minimum absolute atomic E-state index is 0.241. The third-order valence-corrected chi connectivity index (χ3v) is 5.64. The summed E-state index contributed by atoms with van der Waals surface area (Å²) in [6.45, 7) is 4.23. The molecular formula is C20H25NO5S2. The number of carboxylic acid groups (broad SMARTS) is 1. The van der Waals surface area contributed by atoms with Gasteiger partial charge in [0.15, 0.2) is 11.5 Å². The smallest absolute Gasteiger partial charge is 0.326 e. The monoisotopic (exact) mass is 423 g/mol. The van der Waals surface area contributed by atoms with Crippen LogP contribution in [0.15, 0.2) is 23.1 Å². The summed E-state index contributed by atoms with van der Waals surface area (Å²) < 4.78 is 11.4. The van der Waals surface area contributed by atoms with Crippen LogP contribution >= 0.6 is 24.0 Å². The van der Waals surface area contributed by atoms with Gasteiger partial charge in [0, 0.05) is 0 Å². The van der Waals surface area contributed by atoms with Crippen LogP contribution < -0.4 is 9.47 Å². The lowest BCUT2D eigenvalue weighted by Crippen LogP contribution is -2.41. The lowest BCUT2D eigenvalue weighted by Gasteiger charge is -2.18. The molecule has 1 aliphatic rings. The maximum Gasteiger partial charge on any atom is 0.326 e. The van der Waals surface area contributed by atoms with Crippen LogP contribution in [0.25, 0.3) is 6.08 Å². The van der Waals surface area contributed by atoms with Crippen molar-refractivity contribution in [2.75, 3.05) is 13.7 Å². The highest BCUT2D eigenvalue weighted by atomic mass is 32.2. The first-order valence-corrected chi connectivity index (χ1v) is 10.4. The maximum atomic E-state index is 12.5. The van der Waals surface area contributed by atoms with Gasteiger partial charge in [0.25, 0.3) is 5.91 Å². The first kappa shape index (κ1) is 22.2. The van der Waals surface area contributed by atoms with Crippen LogP contribution in [-0.2, 0) is 9.59 Å².